The molecule has 0 heterocycles. The van der Waals surface area contributed by atoms with Crippen LogP contribution in [0.1, 0.15) is 5.56 Å². The average Bonchev–Trinajstić information content (AvgIpc) is 2.45. The molecule has 0 aromatic heterocycles. The van der Waals surface area contributed by atoms with E-state index in [9.17, 15) is 0 Å². The number of hydrogen-bond donors (Lipinski definition) is 1. The third-order valence-electron chi connectivity index (χ3n) is 2.86. The third-order valence-corrected chi connectivity index (χ3v) is 3.46. The Bertz CT molecular complexity index is 549. The summed E-state index contributed by atoms with van der Waals surface area (Å²) < 4.78 is 10.2. The minimum absolute atomic E-state index is 0.574. The van der Waals surface area contributed by atoms with Crippen molar-refractivity contribution in [2.45, 2.75) is 6.54 Å². The molecule has 0 fully saturated rings. The van der Waals surface area contributed by atoms with Crippen molar-refractivity contribution in [1.82, 2.24) is 0 Å². The lowest BCUT2D eigenvalue weighted by atomic mass is 10.2. The van der Waals surface area contributed by atoms with Gasteiger partial charge in [-0.15, -0.1) is 0 Å². The summed E-state index contributed by atoms with van der Waals surface area (Å²) in [5.74, 6) is 1.33. The highest BCUT2D eigenvalue weighted by molar-refractivity contribution is 6.32. The van der Waals surface area contributed by atoms with Crippen LogP contribution in [0.5, 0.6) is 11.5 Å². The minimum Gasteiger partial charge on any atom is -0.495 e. The van der Waals surface area contributed by atoms with Crippen molar-refractivity contribution < 1.29 is 9.47 Å². The van der Waals surface area contributed by atoms with Gasteiger partial charge in [-0.25, -0.2) is 0 Å². The molecule has 3 nitrogen and oxygen atoms in total. The van der Waals surface area contributed by atoms with Crippen LogP contribution in [0.25, 0.3) is 0 Å². The van der Waals surface area contributed by atoms with Gasteiger partial charge < -0.3 is 14.8 Å². The Hall–Kier alpha value is -1.58. The summed E-state index contributed by atoms with van der Waals surface area (Å²) >= 11 is 12.2. The Morgan fingerprint density at radius 1 is 0.900 bits per heavy atom. The number of nitrogens with one attached hydrogen (secondary N) is 1. The van der Waals surface area contributed by atoms with Crippen molar-refractivity contribution in [3.05, 3.63) is 52.0 Å². The second-order valence-electron chi connectivity index (χ2n) is 4.17. The highest BCUT2D eigenvalue weighted by Crippen LogP contribution is 2.28. The van der Waals surface area contributed by atoms with E-state index in [1.807, 2.05) is 36.4 Å². The number of hydrogen-bond acceptors (Lipinski definition) is 3. The van der Waals surface area contributed by atoms with Gasteiger partial charge in [0.05, 0.1) is 24.3 Å². The van der Waals surface area contributed by atoms with Gasteiger partial charge in [0, 0.05) is 12.2 Å². The molecule has 0 radical (unpaired) electrons. The molecule has 0 amide bonds. The van der Waals surface area contributed by atoms with Crippen molar-refractivity contribution in [2.24, 2.45) is 0 Å². The predicted molar refractivity (Wildman–Crippen MR) is 83.3 cm³/mol. The van der Waals surface area contributed by atoms with E-state index in [4.69, 9.17) is 32.7 Å². The van der Waals surface area contributed by atoms with E-state index in [1.54, 1.807) is 14.2 Å². The van der Waals surface area contributed by atoms with Crippen LogP contribution in [0, 0.1) is 0 Å². The van der Waals surface area contributed by atoms with Crippen LogP contribution in [0.2, 0.25) is 10.0 Å². The predicted octanol–water partition coefficient (Wildman–Crippen LogP) is 4.62. The van der Waals surface area contributed by atoms with Crippen LogP contribution in [-0.2, 0) is 6.54 Å². The highest BCUT2D eigenvalue weighted by Gasteiger charge is 2.04. The SMILES string of the molecule is COc1ccc(CNc2ccc(OC)c(Cl)c2)cc1Cl. The zero-order valence-electron chi connectivity index (χ0n) is 11.2. The van der Waals surface area contributed by atoms with Crippen molar-refractivity contribution in [2.75, 3.05) is 19.5 Å². The molecule has 0 aliphatic rings. The molecule has 5 heteroatoms. The molecule has 0 unspecified atom stereocenters. The molecule has 20 heavy (non-hydrogen) atoms. The molecule has 0 aliphatic carbocycles. The summed E-state index contributed by atoms with van der Waals surface area (Å²) in [4.78, 5) is 0. The summed E-state index contributed by atoms with van der Waals surface area (Å²) in [7, 11) is 3.19. The van der Waals surface area contributed by atoms with Crippen LogP contribution in [0.4, 0.5) is 5.69 Å². The number of halogens is 2. The van der Waals surface area contributed by atoms with Crippen molar-refractivity contribution in [3.8, 4) is 11.5 Å². The first kappa shape index (κ1) is 14.8. The zero-order chi connectivity index (χ0) is 14.5. The fourth-order valence-electron chi connectivity index (χ4n) is 1.80. The molecule has 0 bridgehead atoms. The number of rotatable bonds is 5. The summed E-state index contributed by atoms with van der Waals surface area (Å²) in [5, 5.41) is 4.45. The van der Waals surface area contributed by atoms with Gasteiger partial charge in [0.1, 0.15) is 11.5 Å². The van der Waals surface area contributed by atoms with E-state index in [1.165, 1.54) is 0 Å². The van der Waals surface area contributed by atoms with E-state index in [0.29, 0.717) is 28.1 Å². The molecular formula is C15H15Cl2NO2. The number of ether oxygens (including phenoxy) is 2. The second-order valence-corrected chi connectivity index (χ2v) is 4.99. The normalized spacial score (nSPS) is 10.2. The molecule has 0 saturated heterocycles. The van der Waals surface area contributed by atoms with Gasteiger partial charge in [-0.1, -0.05) is 29.3 Å². The quantitative estimate of drug-likeness (QED) is 0.873. The van der Waals surface area contributed by atoms with Crippen molar-refractivity contribution in [1.29, 1.82) is 0 Å². The van der Waals surface area contributed by atoms with Crippen LogP contribution < -0.4 is 14.8 Å². The fourth-order valence-corrected chi connectivity index (χ4v) is 2.34. The number of benzene rings is 2. The van der Waals surface area contributed by atoms with Gasteiger partial charge in [0.15, 0.2) is 0 Å². The Morgan fingerprint density at radius 2 is 1.50 bits per heavy atom. The van der Waals surface area contributed by atoms with Gasteiger partial charge in [0.25, 0.3) is 0 Å². The van der Waals surface area contributed by atoms with Gasteiger partial charge in [-0.3, -0.25) is 0 Å². The lowest BCUT2D eigenvalue weighted by molar-refractivity contribution is 0.415. The van der Waals surface area contributed by atoms with Gasteiger partial charge in [0.2, 0.25) is 0 Å². The summed E-state index contributed by atoms with van der Waals surface area (Å²) in [6.07, 6.45) is 0. The monoisotopic (exact) mass is 311 g/mol. The molecular weight excluding hydrogens is 297 g/mol. The highest BCUT2D eigenvalue weighted by atomic mass is 35.5. The summed E-state index contributed by atoms with van der Waals surface area (Å²) in [5.41, 5.74) is 1.98. The maximum Gasteiger partial charge on any atom is 0.137 e. The van der Waals surface area contributed by atoms with E-state index >= 15 is 0 Å². The molecule has 0 saturated carbocycles. The topological polar surface area (TPSA) is 30.5 Å². The third kappa shape index (κ3) is 3.50. The minimum atomic E-state index is 0.574. The Labute approximate surface area is 128 Å². The Kier molecular flexibility index (Phi) is 4.99. The maximum atomic E-state index is 6.09. The van der Waals surface area contributed by atoms with Gasteiger partial charge in [-0.05, 0) is 35.9 Å². The maximum absolute atomic E-state index is 6.09. The number of methoxy groups -OCH3 is 2. The first-order valence-corrected chi connectivity index (χ1v) is 6.79. The fraction of sp³-hybridized carbons (Fsp3) is 0.200. The van der Waals surface area contributed by atoms with Crippen LogP contribution in [-0.4, -0.2) is 14.2 Å². The smallest absolute Gasteiger partial charge is 0.137 e. The molecule has 2 aromatic carbocycles. The van der Waals surface area contributed by atoms with E-state index in [-0.39, 0.29) is 0 Å². The van der Waals surface area contributed by atoms with Crippen molar-refractivity contribution >= 4 is 28.9 Å². The molecule has 0 aliphatic heterocycles. The summed E-state index contributed by atoms with van der Waals surface area (Å²) in [6, 6.07) is 11.2. The Balaban J connectivity index is 2.05. The van der Waals surface area contributed by atoms with E-state index < -0.39 is 0 Å². The standard InChI is InChI=1S/C15H15Cl2NO2/c1-19-14-5-3-10(7-12(14)16)9-18-11-4-6-15(20-2)13(17)8-11/h3-8,18H,9H2,1-2H3. The molecule has 2 rings (SSSR count). The Morgan fingerprint density at radius 3 is 2.05 bits per heavy atom. The number of anilines is 1. The van der Waals surface area contributed by atoms with Crippen LogP contribution in [0.3, 0.4) is 0 Å². The molecule has 106 valence electrons. The first-order chi connectivity index (χ1) is 9.63. The van der Waals surface area contributed by atoms with E-state index in [0.717, 1.165) is 11.3 Å². The molecule has 2 aromatic rings. The van der Waals surface area contributed by atoms with Gasteiger partial charge >= 0.3 is 0 Å². The lowest BCUT2D eigenvalue weighted by Gasteiger charge is -2.10. The van der Waals surface area contributed by atoms with Crippen LogP contribution >= 0.6 is 23.2 Å². The second kappa shape index (κ2) is 6.73. The van der Waals surface area contributed by atoms with E-state index in [2.05, 4.69) is 5.32 Å². The van der Waals surface area contributed by atoms with Crippen molar-refractivity contribution in [3.63, 3.8) is 0 Å². The van der Waals surface area contributed by atoms with Gasteiger partial charge in [-0.2, -0.15) is 0 Å². The first-order valence-electron chi connectivity index (χ1n) is 6.04. The lowest BCUT2D eigenvalue weighted by Crippen LogP contribution is -2.00. The largest absolute Gasteiger partial charge is 0.495 e. The molecule has 0 spiro atoms. The summed E-state index contributed by atoms with van der Waals surface area (Å²) in [6.45, 7) is 0.645. The molecule has 0 atom stereocenters. The molecule has 1 N–H and O–H groups in total. The van der Waals surface area contributed by atoms with Crippen LogP contribution in [0.15, 0.2) is 36.4 Å². The average molecular weight is 312 g/mol. The zero-order valence-corrected chi connectivity index (χ0v) is 12.8.